The maximum atomic E-state index is 2.62. The fourth-order valence-corrected chi connectivity index (χ4v) is 4.14. The van der Waals surface area contributed by atoms with Gasteiger partial charge in [0.1, 0.15) is 6.17 Å². The Balaban J connectivity index is 2.11. The lowest BCUT2D eigenvalue weighted by Gasteiger charge is -2.32. The molecule has 0 saturated heterocycles. The van der Waals surface area contributed by atoms with Crippen molar-refractivity contribution in [1.29, 1.82) is 0 Å². The summed E-state index contributed by atoms with van der Waals surface area (Å²) in [7, 11) is 0. The van der Waals surface area contributed by atoms with Gasteiger partial charge in [0.05, 0.1) is 0 Å². The van der Waals surface area contributed by atoms with Crippen molar-refractivity contribution < 1.29 is 0 Å². The molecule has 1 heterocycles. The predicted octanol–water partition coefficient (Wildman–Crippen LogP) is 7.70. The molecule has 2 heteroatoms. The lowest BCUT2D eigenvalue weighted by Crippen LogP contribution is -2.38. The molecule has 0 aromatic rings. The van der Waals surface area contributed by atoms with Gasteiger partial charge in [0, 0.05) is 25.5 Å². The molecule has 0 saturated carbocycles. The molecule has 0 fully saturated rings. The molecule has 0 radical (unpaired) electrons. The van der Waals surface area contributed by atoms with E-state index in [2.05, 4.69) is 43.0 Å². The molecule has 1 atom stereocenters. The summed E-state index contributed by atoms with van der Waals surface area (Å²) < 4.78 is 0. The molecule has 0 aliphatic carbocycles. The molecule has 1 aliphatic rings. The maximum absolute atomic E-state index is 2.62. The molecule has 1 unspecified atom stereocenters. The highest BCUT2D eigenvalue weighted by Crippen LogP contribution is 2.22. The van der Waals surface area contributed by atoms with E-state index in [-0.39, 0.29) is 0 Å². The zero-order valence-electron chi connectivity index (χ0n) is 18.4. The first kappa shape index (κ1) is 23.4. The summed E-state index contributed by atoms with van der Waals surface area (Å²) >= 11 is 0. The van der Waals surface area contributed by atoms with Gasteiger partial charge in [0.2, 0.25) is 0 Å². The highest BCUT2D eigenvalue weighted by Gasteiger charge is 2.23. The van der Waals surface area contributed by atoms with Crippen LogP contribution in [-0.4, -0.2) is 29.1 Å². The fraction of sp³-hybridized carbons (Fsp3) is 0.917. The highest BCUT2D eigenvalue weighted by atomic mass is 15.4. The quantitative estimate of drug-likeness (QED) is 0.230. The number of unbranched alkanes of at least 4 members (excludes halogenated alkanes) is 13. The zero-order chi connectivity index (χ0) is 18.9. The number of hydrogen-bond donors (Lipinski definition) is 0. The topological polar surface area (TPSA) is 6.48 Å². The molecule has 1 rings (SSSR count). The van der Waals surface area contributed by atoms with Crippen molar-refractivity contribution in [3.8, 4) is 0 Å². The first-order chi connectivity index (χ1) is 12.8. The second kappa shape index (κ2) is 16.5. The van der Waals surface area contributed by atoms with Crippen LogP contribution in [0, 0.1) is 0 Å². The smallest absolute Gasteiger partial charge is 0.101 e. The van der Waals surface area contributed by atoms with Crippen molar-refractivity contribution in [3.63, 3.8) is 0 Å². The molecule has 154 valence electrons. The van der Waals surface area contributed by atoms with E-state index in [4.69, 9.17) is 0 Å². The first-order valence-electron chi connectivity index (χ1n) is 12.0. The van der Waals surface area contributed by atoms with E-state index in [1.807, 2.05) is 0 Å². The molecule has 26 heavy (non-hydrogen) atoms. The molecule has 1 aliphatic heterocycles. The monoisotopic (exact) mass is 364 g/mol. The Bertz CT molecular complexity index is 326. The van der Waals surface area contributed by atoms with Crippen LogP contribution in [0.2, 0.25) is 0 Å². The summed E-state index contributed by atoms with van der Waals surface area (Å²) in [6.45, 7) is 9.29. The maximum Gasteiger partial charge on any atom is 0.101 e. The average Bonchev–Trinajstić information content (AvgIpc) is 3.05. The Morgan fingerprint density at radius 3 is 1.54 bits per heavy atom. The number of rotatable bonds is 18. The van der Waals surface area contributed by atoms with Gasteiger partial charge in [0.15, 0.2) is 0 Å². The first-order valence-corrected chi connectivity index (χ1v) is 12.0. The van der Waals surface area contributed by atoms with Gasteiger partial charge in [-0.05, 0) is 26.2 Å². The lowest BCUT2D eigenvalue weighted by molar-refractivity contribution is 0.142. The van der Waals surface area contributed by atoms with Crippen molar-refractivity contribution in [2.75, 3.05) is 13.1 Å². The second-order valence-electron chi connectivity index (χ2n) is 8.23. The van der Waals surface area contributed by atoms with Crippen LogP contribution in [0.5, 0.6) is 0 Å². The normalized spacial score (nSPS) is 16.8. The van der Waals surface area contributed by atoms with Gasteiger partial charge in [-0.3, -0.25) is 0 Å². The Morgan fingerprint density at radius 1 is 0.538 bits per heavy atom. The van der Waals surface area contributed by atoms with Crippen molar-refractivity contribution in [2.24, 2.45) is 0 Å². The summed E-state index contributed by atoms with van der Waals surface area (Å²) in [5.41, 5.74) is 0. The SMILES string of the molecule is CCCCCCCCCCC1N(CC)C=CN1CCCCCCCCC. The zero-order valence-corrected chi connectivity index (χ0v) is 18.4. The van der Waals surface area contributed by atoms with E-state index < -0.39 is 0 Å². The van der Waals surface area contributed by atoms with Crippen LogP contribution in [0.1, 0.15) is 124 Å². The molecule has 0 bridgehead atoms. The third-order valence-corrected chi connectivity index (χ3v) is 5.92. The van der Waals surface area contributed by atoms with Crippen LogP contribution >= 0.6 is 0 Å². The van der Waals surface area contributed by atoms with Gasteiger partial charge >= 0.3 is 0 Å². The number of nitrogens with zero attached hydrogens (tertiary/aromatic N) is 2. The van der Waals surface area contributed by atoms with Crippen molar-refractivity contribution in [3.05, 3.63) is 12.4 Å². The van der Waals surface area contributed by atoms with E-state index in [0.29, 0.717) is 6.17 Å². The molecule has 0 aromatic heterocycles. The third kappa shape index (κ3) is 10.5. The Morgan fingerprint density at radius 2 is 1.00 bits per heavy atom. The van der Waals surface area contributed by atoms with Crippen LogP contribution in [0.25, 0.3) is 0 Å². The molecule has 2 nitrogen and oxygen atoms in total. The van der Waals surface area contributed by atoms with Crippen LogP contribution < -0.4 is 0 Å². The van der Waals surface area contributed by atoms with Gasteiger partial charge in [-0.25, -0.2) is 0 Å². The van der Waals surface area contributed by atoms with E-state index in [0.717, 1.165) is 6.54 Å². The Kier molecular flexibility index (Phi) is 14.8. The minimum Gasteiger partial charge on any atom is -0.356 e. The minimum atomic E-state index is 0.639. The standard InChI is InChI=1S/C24H48N2/c1-4-7-9-11-13-14-16-18-20-24-25(6-3)22-23-26(24)21-19-17-15-12-10-8-5-2/h22-24H,4-21H2,1-3H3. The largest absolute Gasteiger partial charge is 0.356 e. The third-order valence-electron chi connectivity index (χ3n) is 5.92. The van der Waals surface area contributed by atoms with Crippen LogP contribution in [0.3, 0.4) is 0 Å². The number of hydrogen-bond acceptors (Lipinski definition) is 2. The molecular formula is C24H48N2. The van der Waals surface area contributed by atoms with Crippen LogP contribution in [-0.2, 0) is 0 Å². The van der Waals surface area contributed by atoms with E-state index in [9.17, 15) is 0 Å². The van der Waals surface area contributed by atoms with Crippen LogP contribution in [0.4, 0.5) is 0 Å². The van der Waals surface area contributed by atoms with E-state index in [1.54, 1.807) is 0 Å². The van der Waals surface area contributed by atoms with Gasteiger partial charge in [-0.15, -0.1) is 0 Å². The molecule has 0 spiro atoms. The van der Waals surface area contributed by atoms with Gasteiger partial charge < -0.3 is 9.80 Å². The summed E-state index contributed by atoms with van der Waals surface area (Å²) in [6.07, 6.45) is 27.9. The average molecular weight is 365 g/mol. The summed E-state index contributed by atoms with van der Waals surface area (Å²) in [5, 5.41) is 0. The molecule has 0 aromatic carbocycles. The van der Waals surface area contributed by atoms with Gasteiger partial charge in [-0.2, -0.15) is 0 Å². The highest BCUT2D eigenvalue weighted by molar-refractivity contribution is 4.96. The predicted molar refractivity (Wildman–Crippen MR) is 117 cm³/mol. The molecule has 0 amide bonds. The Hall–Kier alpha value is -0.660. The summed E-state index contributed by atoms with van der Waals surface area (Å²) in [4.78, 5) is 5.17. The van der Waals surface area contributed by atoms with E-state index >= 15 is 0 Å². The van der Waals surface area contributed by atoms with Crippen molar-refractivity contribution in [1.82, 2.24) is 9.80 Å². The molecule has 0 N–H and O–H groups in total. The second-order valence-corrected chi connectivity index (χ2v) is 8.23. The summed E-state index contributed by atoms with van der Waals surface area (Å²) in [6, 6.07) is 0. The Labute approximate surface area is 165 Å². The lowest BCUT2D eigenvalue weighted by atomic mass is 10.1. The fourth-order valence-electron chi connectivity index (χ4n) is 4.14. The van der Waals surface area contributed by atoms with Crippen molar-refractivity contribution in [2.45, 2.75) is 130 Å². The molecular weight excluding hydrogens is 316 g/mol. The minimum absolute atomic E-state index is 0.639. The van der Waals surface area contributed by atoms with Crippen LogP contribution in [0.15, 0.2) is 12.4 Å². The van der Waals surface area contributed by atoms with Gasteiger partial charge in [-0.1, -0.05) is 97.3 Å². The van der Waals surface area contributed by atoms with E-state index in [1.165, 1.54) is 109 Å². The summed E-state index contributed by atoms with van der Waals surface area (Å²) in [5.74, 6) is 0. The van der Waals surface area contributed by atoms with Crippen molar-refractivity contribution >= 4 is 0 Å². The van der Waals surface area contributed by atoms with Gasteiger partial charge in [0.25, 0.3) is 0 Å².